The first-order valence-corrected chi connectivity index (χ1v) is 10.4. The molecule has 2 aromatic carbocycles. The van der Waals surface area contributed by atoms with E-state index in [-0.39, 0.29) is 17.3 Å². The molecule has 0 fully saturated rings. The van der Waals surface area contributed by atoms with Crippen LogP contribution in [0.4, 0.5) is 20.2 Å². The number of para-hydroxylation sites is 2. The molecular formula is C23H18F2N2OS. The van der Waals surface area contributed by atoms with Gasteiger partial charge in [0.25, 0.3) is 0 Å². The van der Waals surface area contributed by atoms with Gasteiger partial charge in [0.1, 0.15) is 11.6 Å². The summed E-state index contributed by atoms with van der Waals surface area (Å²) in [4.78, 5) is 14.4. The van der Waals surface area contributed by atoms with E-state index in [1.165, 1.54) is 6.07 Å². The predicted octanol–water partition coefficient (Wildman–Crippen LogP) is 6.01. The molecular weight excluding hydrogens is 390 g/mol. The molecule has 1 aliphatic carbocycles. The molecule has 1 aromatic heterocycles. The molecule has 3 nitrogen and oxygen atoms in total. The van der Waals surface area contributed by atoms with Gasteiger partial charge in [-0.05, 0) is 48.2 Å². The Morgan fingerprint density at radius 3 is 2.59 bits per heavy atom. The summed E-state index contributed by atoms with van der Waals surface area (Å²) in [5.74, 6) is -1.04. The number of thiophene rings is 1. The topological polar surface area (TPSA) is 41.1 Å². The van der Waals surface area contributed by atoms with Gasteiger partial charge in [-0.3, -0.25) is 4.79 Å². The summed E-state index contributed by atoms with van der Waals surface area (Å²) in [5.41, 5.74) is 2.96. The van der Waals surface area contributed by atoms with E-state index in [9.17, 15) is 13.6 Å². The summed E-state index contributed by atoms with van der Waals surface area (Å²) < 4.78 is 28.6. The number of hydrogen-bond acceptors (Lipinski definition) is 4. The van der Waals surface area contributed by atoms with Gasteiger partial charge in [0.2, 0.25) is 0 Å². The van der Waals surface area contributed by atoms with E-state index in [4.69, 9.17) is 0 Å². The van der Waals surface area contributed by atoms with Gasteiger partial charge in [0.15, 0.2) is 5.78 Å². The van der Waals surface area contributed by atoms with E-state index in [1.807, 2.05) is 41.8 Å². The summed E-state index contributed by atoms with van der Waals surface area (Å²) >= 11 is 1.64. The third kappa shape index (κ3) is 3.23. The molecule has 0 spiro atoms. The number of carbonyl (C=O) groups is 1. The zero-order valence-corrected chi connectivity index (χ0v) is 16.2. The Hall–Kier alpha value is -2.99. The monoisotopic (exact) mass is 408 g/mol. The van der Waals surface area contributed by atoms with Crippen molar-refractivity contribution in [3.05, 3.63) is 93.3 Å². The number of fused-ring (bicyclic) bond motifs is 1. The molecule has 1 aliphatic heterocycles. The maximum Gasteiger partial charge on any atom is 0.163 e. The molecule has 0 radical (unpaired) electrons. The summed E-state index contributed by atoms with van der Waals surface area (Å²) in [7, 11) is 0. The van der Waals surface area contributed by atoms with Gasteiger partial charge in [0, 0.05) is 34.0 Å². The van der Waals surface area contributed by atoms with Crippen LogP contribution in [0.25, 0.3) is 0 Å². The number of halogens is 2. The molecule has 6 heteroatoms. The third-order valence-corrected chi connectivity index (χ3v) is 6.56. The van der Waals surface area contributed by atoms with Gasteiger partial charge in [0.05, 0.1) is 17.4 Å². The van der Waals surface area contributed by atoms with E-state index >= 15 is 0 Å². The van der Waals surface area contributed by atoms with Gasteiger partial charge in [-0.15, -0.1) is 11.3 Å². The molecule has 29 heavy (non-hydrogen) atoms. The molecule has 146 valence electrons. The molecule has 0 saturated heterocycles. The predicted molar refractivity (Wildman–Crippen MR) is 111 cm³/mol. The van der Waals surface area contributed by atoms with Crippen LogP contribution in [0.15, 0.2) is 71.2 Å². The molecule has 0 amide bonds. The van der Waals surface area contributed by atoms with E-state index < -0.39 is 17.7 Å². The SMILES string of the molecule is O=C1C[C@@H](c2cccs2)CC2=C1[C@@H](c1cc(F)ccc1F)Nc1ccccc1N2. The minimum atomic E-state index is -0.756. The van der Waals surface area contributed by atoms with Crippen LogP contribution in [0.5, 0.6) is 0 Å². The van der Waals surface area contributed by atoms with Crippen molar-refractivity contribution in [2.75, 3.05) is 10.6 Å². The quantitative estimate of drug-likeness (QED) is 0.546. The average Bonchev–Trinajstić information content (AvgIpc) is 3.19. The Morgan fingerprint density at radius 2 is 1.79 bits per heavy atom. The minimum Gasteiger partial charge on any atom is -0.372 e. The molecule has 2 aliphatic rings. The largest absolute Gasteiger partial charge is 0.372 e. The normalized spacial score (nSPS) is 21.0. The highest BCUT2D eigenvalue weighted by molar-refractivity contribution is 7.10. The first-order valence-electron chi connectivity index (χ1n) is 9.47. The number of nitrogens with one attached hydrogen (secondary N) is 2. The smallest absolute Gasteiger partial charge is 0.163 e. The molecule has 2 atom stereocenters. The minimum absolute atomic E-state index is 0.0499. The number of hydrogen-bond donors (Lipinski definition) is 2. The lowest BCUT2D eigenvalue weighted by Crippen LogP contribution is -2.27. The average molecular weight is 408 g/mol. The van der Waals surface area contributed by atoms with E-state index in [2.05, 4.69) is 10.6 Å². The Morgan fingerprint density at radius 1 is 0.966 bits per heavy atom. The van der Waals surface area contributed by atoms with Crippen LogP contribution in [-0.2, 0) is 4.79 Å². The van der Waals surface area contributed by atoms with Crippen molar-refractivity contribution in [3.8, 4) is 0 Å². The van der Waals surface area contributed by atoms with Crippen LogP contribution >= 0.6 is 11.3 Å². The maximum atomic E-state index is 14.7. The van der Waals surface area contributed by atoms with Crippen LogP contribution in [-0.4, -0.2) is 5.78 Å². The van der Waals surface area contributed by atoms with Crippen molar-refractivity contribution in [3.63, 3.8) is 0 Å². The van der Waals surface area contributed by atoms with Crippen LogP contribution < -0.4 is 10.6 Å². The number of benzene rings is 2. The van der Waals surface area contributed by atoms with Crippen molar-refractivity contribution >= 4 is 28.5 Å². The first-order chi connectivity index (χ1) is 14.1. The number of rotatable bonds is 2. The van der Waals surface area contributed by atoms with Gasteiger partial charge in [-0.1, -0.05) is 18.2 Å². The lowest BCUT2D eigenvalue weighted by atomic mass is 9.80. The van der Waals surface area contributed by atoms with E-state index in [0.717, 1.165) is 34.1 Å². The van der Waals surface area contributed by atoms with Crippen molar-refractivity contribution in [1.82, 2.24) is 0 Å². The summed E-state index contributed by atoms with van der Waals surface area (Å²) in [5, 5.41) is 8.69. The number of anilines is 2. The molecule has 0 unspecified atom stereocenters. The van der Waals surface area contributed by atoms with E-state index in [1.54, 1.807) is 11.3 Å². The molecule has 3 aromatic rings. The van der Waals surface area contributed by atoms with Gasteiger partial charge in [-0.25, -0.2) is 8.78 Å². The third-order valence-electron chi connectivity index (χ3n) is 5.52. The molecule has 5 rings (SSSR count). The van der Waals surface area contributed by atoms with Gasteiger partial charge >= 0.3 is 0 Å². The maximum absolute atomic E-state index is 14.7. The summed E-state index contributed by atoms with van der Waals surface area (Å²) in [6.07, 6.45) is 0.998. The van der Waals surface area contributed by atoms with Crippen molar-refractivity contribution < 1.29 is 13.6 Å². The highest BCUT2D eigenvalue weighted by Gasteiger charge is 2.37. The number of Topliss-reactive ketones (excluding diaryl/α,β-unsaturated/α-hetero) is 1. The lowest BCUT2D eigenvalue weighted by Gasteiger charge is -2.29. The Labute approximate surface area is 171 Å². The van der Waals surface area contributed by atoms with Crippen molar-refractivity contribution in [2.24, 2.45) is 0 Å². The fourth-order valence-electron chi connectivity index (χ4n) is 4.19. The Bertz CT molecular complexity index is 1120. The first kappa shape index (κ1) is 18.1. The zero-order chi connectivity index (χ0) is 20.0. The van der Waals surface area contributed by atoms with E-state index in [0.29, 0.717) is 18.4 Å². The second kappa shape index (κ2) is 7.12. The van der Waals surface area contributed by atoms with Crippen LogP contribution in [0.2, 0.25) is 0 Å². The number of carbonyl (C=O) groups excluding carboxylic acids is 1. The van der Waals surface area contributed by atoms with Gasteiger partial charge in [-0.2, -0.15) is 0 Å². The van der Waals surface area contributed by atoms with Crippen LogP contribution in [0.3, 0.4) is 0 Å². The molecule has 2 N–H and O–H groups in total. The van der Waals surface area contributed by atoms with Crippen LogP contribution in [0, 0.1) is 11.6 Å². The number of allylic oxidation sites excluding steroid dienone is 1. The summed E-state index contributed by atoms with van der Waals surface area (Å²) in [6.45, 7) is 0. The van der Waals surface area contributed by atoms with Crippen LogP contribution in [0.1, 0.15) is 35.2 Å². The second-order valence-electron chi connectivity index (χ2n) is 7.35. The van der Waals surface area contributed by atoms with Crippen molar-refractivity contribution in [1.29, 1.82) is 0 Å². The zero-order valence-electron chi connectivity index (χ0n) is 15.4. The van der Waals surface area contributed by atoms with Crippen molar-refractivity contribution in [2.45, 2.75) is 24.8 Å². The highest BCUT2D eigenvalue weighted by Crippen LogP contribution is 2.45. The highest BCUT2D eigenvalue weighted by atomic mass is 32.1. The lowest BCUT2D eigenvalue weighted by molar-refractivity contribution is -0.116. The second-order valence-corrected chi connectivity index (χ2v) is 8.33. The standard InChI is InChI=1S/C23H18F2N2OS/c24-14-7-8-16(25)15(12-14)23-22-19(26-17-4-1-2-5-18(17)27-23)10-13(11-20(22)28)21-6-3-9-29-21/h1-9,12-13,23,26-27H,10-11H2/t13-,23+/m0/s1. The van der Waals surface area contributed by atoms with Gasteiger partial charge < -0.3 is 10.6 Å². The Balaban J connectivity index is 1.66. The molecule has 0 saturated carbocycles. The summed E-state index contributed by atoms with van der Waals surface area (Å²) in [6, 6.07) is 14.2. The molecule has 2 heterocycles. The fourth-order valence-corrected chi connectivity index (χ4v) is 5.02. The fraction of sp³-hybridized carbons (Fsp3) is 0.174. The Kier molecular flexibility index (Phi) is 4.43. The number of ketones is 1. The molecule has 0 bridgehead atoms.